The van der Waals surface area contributed by atoms with Crippen molar-refractivity contribution in [2.75, 3.05) is 5.32 Å². The molecule has 1 unspecified atom stereocenters. The Kier molecular flexibility index (Phi) is 4.04. The Morgan fingerprint density at radius 1 is 1.41 bits per heavy atom. The van der Waals surface area contributed by atoms with Crippen LogP contribution in [0.25, 0.3) is 0 Å². The van der Waals surface area contributed by atoms with Crippen molar-refractivity contribution in [3.05, 3.63) is 18.1 Å². The zero-order valence-corrected chi connectivity index (χ0v) is 10.7. The molecule has 0 spiro atoms. The number of nitrogens with zero attached hydrogens (tertiary/aromatic N) is 2. The van der Waals surface area contributed by atoms with E-state index >= 15 is 0 Å². The molecular weight excluding hydrogens is 218 g/mol. The van der Waals surface area contributed by atoms with Crippen LogP contribution in [0.4, 0.5) is 5.82 Å². The average Bonchev–Trinajstić information content (AvgIpc) is 2.15. The number of rotatable bonds is 4. The summed E-state index contributed by atoms with van der Waals surface area (Å²) in [4.78, 5) is 18.4. The second kappa shape index (κ2) is 5.12. The van der Waals surface area contributed by atoms with Crippen LogP contribution >= 0.6 is 0 Å². The summed E-state index contributed by atoms with van der Waals surface area (Å²) in [6.45, 7) is 8.58. The highest BCUT2D eigenvalue weighted by molar-refractivity contribution is 5.84. The third-order valence-corrected chi connectivity index (χ3v) is 2.18. The summed E-state index contributed by atoms with van der Waals surface area (Å²) in [5.41, 5.74) is 0.194. The zero-order chi connectivity index (χ0) is 13.1. The number of carboxylic acids is 1. The molecule has 0 aromatic carbocycles. The number of hydrogen-bond donors (Lipinski definition) is 2. The average molecular weight is 237 g/mol. The highest BCUT2D eigenvalue weighted by Crippen LogP contribution is 2.22. The molecule has 0 amide bonds. The van der Waals surface area contributed by atoms with Crippen LogP contribution < -0.4 is 5.32 Å². The van der Waals surface area contributed by atoms with E-state index in [4.69, 9.17) is 5.11 Å². The van der Waals surface area contributed by atoms with Crippen LogP contribution in [0, 0.1) is 5.41 Å². The van der Waals surface area contributed by atoms with E-state index in [1.807, 2.05) is 0 Å². The molecule has 5 heteroatoms. The second-order valence-electron chi connectivity index (χ2n) is 5.40. The molecule has 1 atom stereocenters. The van der Waals surface area contributed by atoms with Gasteiger partial charge in [-0.05, 0) is 18.8 Å². The van der Waals surface area contributed by atoms with Gasteiger partial charge in [0.05, 0.1) is 12.4 Å². The largest absolute Gasteiger partial charge is 0.476 e. The van der Waals surface area contributed by atoms with Gasteiger partial charge in [-0.2, -0.15) is 0 Å². The van der Waals surface area contributed by atoms with Gasteiger partial charge in [-0.25, -0.2) is 14.8 Å². The fourth-order valence-corrected chi connectivity index (χ4v) is 1.74. The first-order valence-corrected chi connectivity index (χ1v) is 5.60. The van der Waals surface area contributed by atoms with Crippen molar-refractivity contribution < 1.29 is 9.90 Å². The standard InChI is InChI=1S/C12H19N3O2/c1-8(5-12(2,3)4)15-10-7-13-9(6-14-10)11(16)17/h6-8H,5H2,1-4H3,(H,14,15)(H,16,17). The summed E-state index contributed by atoms with van der Waals surface area (Å²) in [5.74, 6) is -0.460. The summed E-state index contributed by atoms with van der Waals surface area (Å²) in [6.07, 6.45) is 3.70. The number of nitrogens with one attached hydrogen (secondary N) is 1. The molecule has 17 heavy (non-hydrogen) atoms. The maximum Gasteiger partial charge on any atom is 0.356 e. The van der Waals surface area contributed by atoms with Gasteiger partial charge >= 0.3 is 5.97 Å². The van der Waals surface area contributed by atoms with Gasteiger partial charge in [0.1, 0.15) is 5.82 Å². The maximum absolute atomic E-state index is 10.6. The van der Waals surface area contributed by atoms with Gasteiger partial charge in [-0.3, -0.25) is 0 Å². The molecule has 1 rings (SSSR count). The molecule has 1 heterocycles. The van der Waals surface area contributed by atoms with Gasteiger partial charge in [-0.1, -0.05) is 20.8 Å². The van der Waals surface area contributed by atoms with Gasteiger partial charge in [0.25, 0.3) is 0 Å². The summed E-state index contributed by atoms with van der Waals surface area (Å²) in [6, 6.07) is 0.264. The molecule has 0 aliphatic carbocycles. The van der Waals surface area contributed by atoms with Crippen LogP contribution in [0.2, 0.25) is 0 Å². The van der Waals surface area contributed by atoms with Crippen LogP contribution in [0.15, 0.2) is 12.4 Å². The normalized spacial score (nSPS) is 13.2. The third kappa shape index (κ3) is 4.80. The fraction of sp³-hybridized carbons (Fsp3) is 0.583. The summed E-state index contributed by atoms with van der Waals surface area (Å²) in [7, 11) is 0. The Morgan fingerprint density at radius 2 is 2.06 bits per heavy atom. The summed E-state index contributed by atoms with van der Waals surface area (Å²) >= 11 is 0. The van der Waals surface area contributed by atoms with Crippen LogP contribution in [0.3, 0.4) is 0 Å². The van der Waals surface area contributed by atoms with Gasteiger partial charge in [0.2, 0.25) is 0 Å². The van der Waals surface area contributed by atoms with Crippen molar-refractivity contribution in [3.8, 4) is 0 Å². The lowest BCUT2D eigenvalue weighted by Crippen LogP contribution is -2.23. The number of aromatic nitrogens is 2. The molecule has 0 saturated carbocycles. The van der Waals surface area contributed by atoms with Crippen LogP contribution in [0.5, 0.6) is 0 Å². The van der Waals surface area contributed by atoms with Crippen molar-refractivity contribution in [1.29, 1.82) is 0 Å². The van der Waals surface area contributed by atoms with Crippen molar-refractivity contribution in [3.63, 3.8) is 0 Å². The number of carbonyl (C=O) groups is 1. The van der Waals surface area contributed by atoms with E-state index in [9.17, 15) is 4.79 Å². The molecule has 0 aliphatic heterocycles. The predicted octanol–water partition coefficient (Wildman–Crippen LogP) is 2.41. The Hall–Kier alpha value is -1.65. The molecule has 0 fully saturated rings. The van der Waals surface area contributed by atoms with Crippen molar-refractivity contribution >= 4 is 11.8 Å². The molecule has 2 N–H and O–H groups in total. The van der Waals surface area contributed by atoms with E-state index in [1.54, 1.807) is 0 Å². The predicted molar refractivity (Wildman–Crippen MR) is 66.1 cm³/mol. The fourth-order valence-electron chi connectivity index (χ4n) is 1.74. The smallest absolute Gasteiger partial charge is 0.356 e. The van der Waals surface area contributed by atoms with Crippen molar-refractivity contribution in [1.82, 2.24) is 9.97 Å². The van der Waals surface area contributed by atoms with Gasteiger partial charge in [-0.15, -0.1) is 0 Å². The highest BCUT2D eigenvalue weighted by Gasteiger charge is 2.15. The van der Waals surface area contributed by atoms with E-state index in [0.29, 0.717) is 5.82 Å². The molecule has 94 valence electrons. The van der Waals surface area contributed by atoms with Crippen LogP contribution in [-0.2, 0) is 0 Å². The molecule has 1 aromatic rings. The SMILES string of the molecule is CC(CC(C)(C)C)Nc1cnc(C(=O)O)cn1. The summed E-state index contributed by atoms with van der Waals surface area (Å²) in [5, 5.41) is 11.9. The number of aromatic carboxylic acids is 1. The number of carboxylic acid groups (broad SMARTS) is 1. The molecule has 0 bridgehead atoms. The second-order valence-corrected chi connectivity index (χ2v) is 5.40. The molecule has 1 aromatic heterocycles. The van der Waals surface area contributed by atoms with Gasteiger partial charge in [0.15, 0.2) is 5.69 Å². The first kappa shape index (κ1) is 13.4. The minimum Gasteiger partial charge on any atom is -0.476 e. The van der Waals surface area contributed by atoms with Crippen LogP contribution in [-0.4, -0.2) is 27.1 Å². The maximum atomic E-state index is 10.6. The van der Waals surface area contributed by atoms with E-state index < -0.39 is 5.97 Å². The first-order valence-electron chi connectivity index (χ1n) is 5.60. The molecule has 0 radical (unpaired) electrons. The van der Waals surface area contributed by atoms with Crippen LogP contribution in [0.1, 0.15) is 44.6 Å². The topological polar surface area (TPSA) is 75.1 Å². The lowest BCUT2D eigenvalue weighted by atomic mass is 9.89. The first-order chi connectivity index (χ1) is 7.78. The Morgan fingerprint density at radius 3 is 2.47 bits per heavy atom. The monoisotopic (exact) mass is 237 g/mol. The van der Waals surface area contributed by atoms with E-state index in [-0.39, 0.29) is 17.2 Å². The molecule has 0 aliphatic rings. The Balaban J connectivity index is 2.60. The van der Waals surface area contributed by atoms with Gasteiger partial charge in [0, 0.05) is 6.04 Å². The van der Waals surface area contributed by atoms with E-state index in [0.717, 1.165) is 6.42 Å². The van der Waals surface area contributed by atoms with Crippen molar-refractivity contribution in [2.24, 2.45) is 5.41 Å². The summed E-state index contributed by atoms with van der Waals surface area (Å²) < 4.78 is 0. The lowest BCUT2D eigenvalue weighted by molar-refractivity contribution is 0.0690. The zero-order valence-electron chi connectivity index (χ0n) is 10.7. The molecule has 5 nitrogen and oxygen atoms in total. The minimum atomic E-state index is -1.06. The third-order valence-electron chi connectivity index (χ3n) is 2.18. The number of hydrogen-bond acceptors (Lipinski definition) is 4. The van der Waals surface area contributed by atoms with Gasteiger partial charge < -0.3 is 10.4 Å². The lowest BCUT2D eigenvalue weighted by Gasteiger charge is -2.24. The Labute approximate surface area is 101 Å². The van der Waals surface area contributed by atoms with E-state index in [2.05, 4.69) is 43.0 Å². The minimum absolute atomic E-state index is 0.0426. The molecular formula is C12H19N3O2. The number of anilines is 1. The van der Waals surface area contributed by atoms with Crippen molar-refractivity contribution in [2.45, 2.75) is 40.2 Å². The quantitative estimate of drug-likeness (QED) is 0.841. The highest BCUT2D eigenvalue weighted by atomic mass is 16.4. The van der Waals surface area contributed by atoms with E-state index in [1.165, 1.54) is 12.4 Å². The molecule has 0 saturated heterocycles. The Bertz CT molecular complexity index is 382.